The van der Waals surface area contributed by atoms with Gasteiger partial charge in [0, 0.05) is 32.4 Å². The first-order valence-electron chi connectivity index (χ1n) is 14.1. The summed E-state index contributed by atoms with van der Waals surface area (Å²) in [4.78, 5) is 50.5. The molecule has 10 heteroatoms. The predicted molar refractivity (Wildman–Crippen MR) is 159 cm³/mol. The van der Waals surface area contributed by atoms with Crippen LogP contribution in [0.1, 0.15) is 77.6 Å². The van der Waals surface area contributed by atoms with Crippen molar-refractivity contribution in [2.75, 3.05) is 6.54 Å². The minimum Gasteiger partial charge on any atom is -0.391 e. The van der Waals surface area contributed by atoms with E-state index in [4.69, 9.17) is 6.57 Å². The third-order valence-electron chi connectivity index (χ3n) is 7.99. The number of thiazole rings is 1. The van der Waals surface area contributed by atoms with Gasteiger partial charge in [-0.2, -0.15) is 0 Å². The summed E-state index contributed by atoms with van der Waals surface area (Å²) in [5, 5.41) is 16.3. The summed E-state index contributed by atoms with van der Waals surface area (Å²) in [6.07, 6.45) is 0.213. The highest BCUT2D eigenvalue weighted by molar-refractivity contribution is 7.13. The van der Waals surface area contributed by atoms with Crippen molar-refractivity contribution in [3.63, 3.8) is 0 Å². The molecule has 1 aromatic carbocycles. The number of nitrogens with one attached hydrogen (secondary N) is 2. The van der Waals surface area contributed by atoms with E-state index in [1.807, 2.05) is 45.3 Å². The standard InChI is InChI=1S/C31H41N5O4S/c1-18-24(41-17-34-18)19-9-10-20(22(13-19)29(2,3)4)15-33-26(38)23-14-21(37)16-36(23)27(39)25(30(5,6)7)35-28(40)31(32-8)11-12-31/h9-10,13,17,21,23,25,37H,11-12,14-16H2,1-7H3,(H,33,38)(H,35,40)/t21-,23+,25-/m1/s1. The number of β-amino-alcohol motifs (C(OH)–C–C–N with tert-alkyl or cyclic N) is 1. The Balaban J connectivity index is 1.52. The second-order valence-corrected chi connectivity index (χ2v) is 14.3. The van der Waals surface area contributed by atoms with Crippen LogP contribution in [0, 0.1) is 18.9 Å². The molecular formula is C31H41N5O4S. The van der Waals surface area contributed by atoms with E-state index >= 15 is 0 Å². The SMILES string of the molecule is [C-]#[N+]C1(C(=O)N[C@H](C(=O)N2C[C@H](O)C[C@H]2C(=O)NCc2ccc(-c3scnc3C)cc2C(C)(C)C)C(C)(C)C)CC1. The Morgan fingerprint density at radius 1 is 1.22 bits per heavy atom. The van der Waals surface area contributed by atoms with Crippen LogP contribution in [0.2, 0.25) is 0 Å². The fraction of sp³-hybridized carbons (Fsp3) is 0.581. The summed E-state index contributed by atoms with van der Waals surface area (Å²) in [5.41, 5.74) is 4.04. The summed E-state index contributed by atoms with van der Waals surface area (Å²) in [6, 6.07) is 4.41. The topological polar surface area (TPSA) is 116 Å². The Kier molecular flexibility index (Phi) is 8.36. The largest absolute Gasteiger partial charge is 0.391 e. The highest BCUT2D eigenvalue weighted by Gasteiger charge is 2.59. The first kappa shape index (κ1) is 30.7. The van der Waals surface area contributed by atoms with Gasteiger partial charge in [0.15, 0.2) is 0 Å². The predicted octanol–water partition coefficient (Wildman–Crippen LogP) is 3.98. The molecule has 1 aromatic heterocycles. The number of aliphatic hydroxyl groups is 1. The average Bonchev–Trinajstić information content (AvgIpc) is 3.43. The molecule has 0 spiro atoms. The van der Waals surface area contributed by atoms with Gasteiger partial charge in [-0.1, -0.05) is 53.7 Å². The van der Waals surface area contributed by atoms with Gasteiger partial charge in [0.2, 0.25) is 11.8 Å². The lowest BCUT2D eigenvalue weighted by atomic mass is 9.82. The lowest BCUT2D eigenvalue weighted by Crippen LogP contribution is -2.59. The Bertz CT molecular complexity index is 1380. The van der Waals surface area contributed by atoms with Crippen molar-refractivity contribution in [2.45, 2.75) is 103 Å². The molecule has 1 saturated carbocycles. The zero-order valence-electron chi connectivity index (χ0n) is 25.0. The molecule has 3 atom stereocenters. The van der Waals surface area contributed by atoms with Crippen molar-refractivity contribution < 1.29 is 19.5 Å². The summed E-state index contributed by atoms with van der Waals surface area (Å²) in [7, 11) is 0. The smallest absolute Gasteiger partial charge is 0.309 e. The lowest BCUT2D eigenvalue weighted by Gasteiger charge is -2.35. The van der Waals surface area contributed by atoms with Crippen LogP contribution in [0.5, 0.6) is 0 Å². The van der Waals surface area contributed by atoms with Crippen molar-refractivity contribution in [3.8, 4) is 10.4 Å². The summed E-state index contributed by atoms with van der Waals surface area (Å²) in [5.74, 6) is -1.23. The number of benzene rings is 1. The van der Waals surface area contributed by atoms with Crippen LogP contribution in [-0.4, -0.2) is 63.0 Å². The molecule has 1 aliphatic carbocycles. The Morgan fingerprint density at radius 3 is 2.44 bits per heavy atom. The molecule has 0 bridgehead atoms. The normalized spacial score (nSPS) is 20.7. The third-order valence-corrected chi connectivity index (χ3v) is 8.97. The van der Waals surface area contributed by atoms with Gasteiger partial charge in [-0.25, -0.2) is 11.6 Å². The van der Waals surface area contributed by atoms with Gasteiger partial charge in [-0.3, -0.25) is 19.2 Å². The molecule has 3 amide bonds. The van der Waals surface area contributed by atoms with Gasteiger partial charge in [-0.05, 0) is 40.5 Å². The summed E-state index contributed by atoms with van der Waals surface area (Å²) < 4.78 is 0. The number of hydrogen-bond acceptors (Lipinski definition) is 6. The number of carbonyl (C=O) groups is 3. The summed E-state index contributed by atoms with van der Waals surface area (Å²) >= 11 is 1.60. The highest BCUT2D eigenvalue weighted by Crippen LogP contribution is 2.41. The van der Waals surface area contributed by atoms with Crippen LogP contribution in [0.25, 0.3) is 15.3 Å². The fourth-order valence-corrected chi connectivity index (χ4v) is 6.15. The molecule has 3 N–H and O–H groups in total. The van der Waals surface area contributed by atoms with Crippen molar-refractivity contribution in [2.24, 2.45) is 5.41 Å². The Hall–Kier alpha value is -3.29. The van der Waals surface area contributed by atoms with Crippen molar-refractivity contribution in [1.82, 2.24) is 20.5 Å². The minimum atomic E-state index is -1.09. The van der Waals surface area contributed by atoms with E-state index in [0.29, 0.717) is 12.8 Å². The molecule has 1 saturated heterocycles. The molecule has 2 heterocycles. The second-order valence-electron chi connectivity index (χ2n) is 13.4. The van der Waals surface area contributed by atoms with Gasteiger partial charge in [0.1, 0.15) is 12.1 Å². The second kappa shape index (κ2) is 11.2. The maximum atomic E-state index is 13.8. The third kappa shape index (κ3) is 6.47. The van der Waals surface area contributed by atoms with Crippen molar-refractivity contribution >= 4 is 29.1 Å². The average molecular weight is 580 g/mol. The number of nitrogens with zero attached hydrogens (tertiary/aromatic N) is 3. The molecular weight excluding hydrogens is 538 g/mol. The van der Waals surface area contributed by atoms with E-state index in [-0.39, 0.29) is 30.8 Å². The van der Waals surface area contributed by atoms with Gasteiger partial charge in [0.05, 0.1) is 22.2 Å². The van der Waals surface area contributed by atoms with Crippen LogP contribution in [0.3, 0.4) is 0 Å². The molecule has 9 nitrogen and oxygen atoms in total. The van der Waals surface area contributed by atoms with Gasteiger partial charge < -0.3 is 20.6 Å². The molecule has 1 aliphatic heterocycles. The van der Waals surface area contributed by atoms with Crippen LogP contribution >= 0.6 is 11.3 Å². The lowest BCUT2D eigenvalue weighted by molar-refractivity contribution is -0.144. The highest BCUT2D eigenvalue weighted by atomic mass is 32.1. The van der Waals surface area contributed by atoms with Crippen LogP contribution in [0.4, 0.5) is 0 Å². The zero-order valence-corrected chi connectivity index (χ0v) is 25.8. The number of aryl methyl sites for hydroxylation is 1. The van der Waals surface area contributed by atoms with Crippen LogP contribution < -0.4 is 10.6 Å². The van der Waals surface area contributed by atoms with Crippen molar-refractivity contribution in [3.05, 3.63) is 51.9 Å². The van der Waals surface area contributed by atoms with Gasteiger partial charge >= 0.3 is 11.4 Å². The van der Waals surface area contributed by atoms with E-state index < -0.39 is 41.0 Å². The van der Waals surface area contributed by atoms with E-state index in [9.17, 15) is 19.5 Å². The van der Waals surface area contributed by atoms with Gasteiger partial charge in [-0.15, -0.1) is 11.3 Å². The van der Waals surface area contributed by atoms with E-state index in [1.54, 1.807) is 11.3 Å². The number of aromatic nitrogens is 1. The fourth-order valence-electron chi connectivity index (χ4n) is 5.34. The van der Waals surface area contributed by atoms with E-state index in [2.05, 4.69) is 47.3 Å². The Labute approximate surface area is 246 Å². The maximum absolute atomic E-state index is 13.8. The maximum Gasteiger partial charge on any atom is 0.309 e. The van der Waals surface area contributed by atoms with E-state index in [0.717, 1.165) is 27.3 Å². The number of aliphatic hydroxyl groups excluding tert-OH is 1. The summed E-state index contributed by atoms with van der Waals surface area (Å²) in [6.45, 7) is 21.6. The Morgan fingerprint density at radius 2 is 1.90 bits per heavy atom. The molecule has 220 valence electrons. The first-order valence-corrected chi connectivity index (χ1v) is 14.9. The number of likely N-dealkylation sites (tertiary alicyclic amines) is 1. The number of amides is 3. The number of rotatable bonds is 7. The monoisotopic (exact) mass is 579 g/mol. The molecule has 2 aromatic rings. The van der Waals surface area contributed by atoms with Crippen LogP contribution in [-0.2, 0) is 26.3 Å². The number of carbonyl (C=O) groups excluding carboxylic acids is 3. The van der Waals surface area contributed by atoms with Crippen LogP contribution in [0.15, 0.2) is 23.7 Å². The molecule has 2 fully saturated rings. The van der Waals surface area contributed by atoms with Crippen molar-refractivity contribution in [1.29, 1.82) is 0 Å². The number of hydrogen-bond donors (Lipinski definition) is 3. The van der Waals surface area contributed by atoms with Gasteiger partial charge in [0.25, 0.3) is 0 Å². The molecule has 4 rings (SSSR count). The molecule has 0 radical (unpaired) electrons. The quantitative estimate of drug-likeness (QED) is 0.429. The molecule has 41 heavy (non-hydrogen) atoms. The molecule has 0 unspecified atom stereocenters. The first-order chi connectivity index (χ1) is 19.1. The zero-order chi connectivity index (χ0) is 30.3. The molecule has 2 aliphatic rings. The minimum absolute atomic E-state index is 0.00344. The van der Waals surface area contributed by atoms with E-state index in [1.165, 1.54) is 4.90 Å².